The summed E-state index contributed by atoms with van der Waals surface area (Å²) >= 11 is 0. The average molecular weight is 415 g/mol. The van der Waals surface area contributed by atoms with Crippen LogP contribution in [0.1, 0.15) is 15.9 Å². The van der Waals surface area contributed by atoms with Gasteiger partial charge in [-0.1, -0.05) is 48.5 Å². The zero-order chi connectivity index (χ0) is 21.5. The molecule has 4 rings (SSSR count). The van der Waals surface area contributed by atoms with E-state index < -0.39 is 6.04 Å². The summed E-state index contributed by atoms with van der Waals surface area (Å²) in [6.07, 6.45) is 3.88. The lowest BCUT2D eigenvalue weighted by molar-refractivity contribution is -0.133. The minimum Gasteiger partial charge on any atom is -0.340 e. The van der Waals surface area contributed by atoms with E-state index in [1.807, 2.05) is 53.4 Å². The van der Waals surface area contributed by atoms with Crippen molar-refractivity contribution in [3.8, 4) is 0 Å². The summed E-state index contributed by atoms with van der Waals surface area (Å²) < 4.78 is 0. The van der Waals surface area contributed by atoms with Crippen LogP contribution in [0.5, 0.6) is 0 Å². The Morgan fingerprint density at radius 1 is 0.839 bits per heavy atom. The second-order valence-electron chi connectivity index (χ2n) is 7.44. The van der Waals surface area contributed by atoms with Gasteiger partial charge in [-0.2, -0.15) is 0 Å². The highest BCUT2D eigenvalue weighted by Gasteiger charge is 2.29. The number of amides is 2. The zero-order valence-corrected chi connectivity index (χ0v) is 17.2. The molecule has 1 aromatic heterocycles. The maximum atomic E-state index is 13.4. The quantitative estimate of drug-likeness (QED) is 0.668. The lowest BCUT2D eigenvalue weighted by Crippen LogP contribution is -2.55. The van der Waals surface area contributed by atoms with Crippen LogP contribution in [0.15, 0.2) is 79.1 Å². The third-order valence-electron chi connectivity index (χ3n) is 5.35. The summed E-state index contributed by atoms with van der Waals surface area (Å²) in [6, 6.07) is 19.9. The van der Waals surface area contributed by atoms with Crippen molar-refractivity contribution in [2.45, 2.75) is 12.5 Å². The monoisotopic (exact) mass is 415 g/mol. The maximum Gasteiger partial charge on any atom is 0.251 e. The van der Waals surface area contributed by atoms with Gasteiger partial charge in [-0.3, -0.25) is 9.59 Å². The fraction of sp³-hybridized carbons (Fsp3) is 0.250. The van der Waals surface area contributed by atoms with Gasteiger partial charge in [0.15, 0.2) is 0 Å². The molecule has 0 aliphatic carbocycles. The van der Waals surface area contributed by atoms with E-state index in [-0.39, 0.29) is 11.8 Å². The van der Waals surface area contributed by atoms with Crippen LogP contribution in [0.4, 0.5) is 5.95 Å². The van der Waals surface area contributed by atoms with Gasteiger partial charge in [0.1, 0.15) is 6.04 Å². The van der Waals surface area contributed by atoms with E-state index in [1.54, 1.807) is 30.6 Å². The molecule has 1 aliphatic heterocycles. The smallest absolute Gasteiger partial charge is 0.251 e. The Labute approximate surface area is 181 Å². The maximum absolute atomic E-state index is 13.4. The fourth-order valence-corrected chi connectivity index (χ4v) is 3.68. The van der Waals surface area contributed by atoms with Gasteiger partial charge in [0, 0.05) is 50.6 Å². The Bertz CT molecular complexity index is 990. The van der Waals surface area contributed by atoms with Crippen LogP contribution in [0.3, 0.4) is 0 Å². The van der Waals surface area contributed by atoms with E-state index in [0.717, 1.165) is 5.56 Å². The minimum absolute atomic E-state index is 0.0678. The molecule has 1 saturated heterocycles. The molecule has 0 saturated carbocycles. The highest BCUT2D eigenvalue weighted by atomic mass is 16.2. The van der Waals surface area contributed by atoms with Crippen molar-refractivity contribution in [2.24, 2.45) is 0 Å². The van der Waals surface area contributed by atoms with Gasteiger partial charge in [-0.05, 0) is 23.8 Å². The number of nitrogens with one attached hydrogen (secondary N) is 1. The summed E-state index contributed by atoms with van der Waals surface area (Å²) in [5.41, 5.74) is 1.55. The summed E-state index contributed by atoms with van der Waals surface area (Å²) in [4.78, 5) is 38.6. The molecule has 0 bridgehead atoms. The molecule has 1 fully saturated rings. The first kappa shape index (κ1) is 20.5. The molecular weight excluding hydrogens is 390 g/mol. The number of benzene rings is 2. The largest absolute Gasteiger partial charge is 0.340 e. The third-order valence-corrected chi connectivity index (χ3v) is 5.35. The number of carbonyl (C=O) groups is 2. The molecule has 3 aromatic rings. The van der Waals surface area contributed by atoms with E-state index >= 15 is 0 Å². The van der Waals surface area contributed by atoms with E-state index in [4.69, 9.17) is 0 Å². The van der Waals surface area contributed by atoms with Gasteiger partial charge in [0.25, 0.3) is 5.91 Å². The molecule has 1 atom stereocenters. The molecule has 0 unspecified atom stereocenters. The number of rotatable bonds is 6. The second kappa shape index (κ2) is 9.84. The van der Waals surface area contributed by atoms with Crippen molar-refractivity contribution in [2.75, 3.05) is 31.1 Å². The fourth-order valence-electron chi connectivity index (χ4n) is 3.68. The third kappa shape index (κ3) is 5.25. The highest BCUT2D eigenvalue weighted by molar-refractivity contribution is 5.97. The Balaban J connectivity index is 1.45. The van der Waals surface area contributed by atoms with E-state index in [9.17, 15) is 9.59 Å². The summed E-state index contributed by atoms with van der Waals surface area (Å²) in [5, 5.41) is 2.95. The number of carbonyl (C=O) groups excluding carboxylic acids is 2. The van der Waals surface area contributed by atoms with Crippen LogP contribution >= 0.6 is 0 Å². The molecule has 0 radical (unpaired) electrons. The summed E-state index contributed by atoms with van der Waals surface area (Å²) in [7, 11) is 0. The van der Waals surface area contributed by atoms with Gasteiger partial charge < -0.3 is 15.1 Å². The Morgan fingerprint density at radius 2 is 1.45 bits per heavy atom. The summed E-state index contributed by atoms with van der Waals surface area (Å²) in [6.45, 7) is 2.42. The Morgan fingerprint density at radius 3 is 2.10 bits per heavy atom. The van der Waals surface area contributed by atoms with Crippen LogP contribution in [0.25, 0.3) is 0 Å². The molecule has 1 N–H and O–H groups in total. The number of nitrogens with zero attached hydrogens (tertiary/aromatic N) is 4. The first-order valence-corrected chi connectivity index (χ1v) is 10.4. The van der Waals surface area contributed by atoms with Crippen LogP contribution in [-0.2, 0) is 11.2 Å². The van der Waals surface area contributed by atoms with Crippen LogP contribution in [0, 0.1) is 0 Å². The number of hydrogen-bond donors (Lipinski definition) is 1. The van der Waals surface area contributed by atoms with Crippen LogP contribution in [-0.4, -0.2) is 58.9 Å². The van der Waals surface area contributed by atoms with Gasteiger partial charge in [0.05, 0.1) is 0 Å². The molecule has 158 valence electrons. The van der Waals surface area contributed by atoms with Crippen molar-refractivity contribution in [3.05, 3.63) is 90.3 Å². The second-order valence-corrected chi connectivity index (χ2v) is 7.44. The molecule has 1 aliphatic rings. The van der Waals surface area contributed by atoms with Gasteiger partial charge >= 0.3 is 0 Å². The number of aromatic nitrogens is 2. The molecular formula is C24H25N5O2. The number of piperazine rings is 1. The lowest BCUT2D eigenvalue weighted by atomic mass is 10.0. The van der Waals surface area contributed by atoms with Crippen molar-refractivity contribution in [3.63, 3.8) is 0 Å². The predicted molar refractivity (Wildman–Crippen MR) is 119 cm³/mol. The van der Waals surface area contributed by atoms with Gasteiger partial charge in [0.2, 0.25) is 11.9 Å². The van der Waals surface area contributed by atoms with Crippen molar-refractivity contribution >= 4 is 17.8 Å². The minimum atomic E-state index is -0.630. The first-order chi connectivity index (χ1) is 15.2. The standard InChI is InChI=1S/C24H25N5O2/c30-22(20-10-5-2-6-11-20)27-21(18-19-8-3-1-4-9-19)23(31)28-14-16-29(17-15-28)24-25-12-7-13-26-24/h1-13,21H,14-18H2,(H,27,30)/t21-/m1/s1. The zero-order valence-electron chi connectivity index (χ0n) is 17.2. The molecule has 31 heavy (non-hydrogen) atoms. The molecule has 7 nitrogen and oxygen atoms in total. The molecule has 2 heterocycles. The number of anilines is 1. The molecule has 2 amide bonds. The average Bonchev–Trinajstić information content (AvgIpc) is 2.85. The first-order valence-electron chi connectivity index (χ1n) is 10.4. The van der Waals surface area contributed by atoms with Gasteiger partial charge in [-0.15, -0.1) is 0 Å². The van der Waals surface area contributed by atoms with E-state index in [1.165, 1.54) is 0 Å². The highest BCUT2D eigenvalue weighted by Crippen LogP contribution is 2.13. The van der Waals surface area contributed by atoms with Crippen LogP contribution < -0.4 is 10.2 Å². The molecule has 2 aromatic carbocycles. The van der Waals surface area contributed by atoms with Gasteiger partial charge in [-0.25, -0.2) is 9.97 Å². The number of hydrogen-bond acceptors (Lipinski definition) is 5. The van der Waals surface area contributed by atoms with E-state index in [0.29, 0.717) is 44.1 Å². The Kier molecular flexibility index (Phi) is 6.52. The normalized spacial score (nSPS) is 14.7. The van der Waals surface area contributed by atoms with Crippen molar-refractivity contribution < 1.29 is 9.59 Å². The van der Waals surface area contributed by atoms with Crippen molar-refractivity contribution in [1.82, 2.24) is 20.2 Å². The Hall–Kier alpha value is -3.74. The predicted octanol–water partition coefficient (Wildman–Crippen LogP) is 2.17. The van der Waals surface area contributed by atoms with Crippen LogP contribution in [0.2, 0.25) is 0 Å². The molecule has 7 heteroatoms. The van der Waals surface area contributed by atoms with E-state index in [2.05, 4.69) is 20.2 Å². The SMILES string of the molecule is O=C(N[C@H](Cc1ccccc1)C(=O)N1CCN(c2ncccn2)CC1)c1ccccc1. The topological polar surface area (TPSA) is 78.4 Å². The summed E-state index contributed by atoms with van der Waals surface area (Å²) in [5.74, 6) is 0.362. The lowest BCUT2D eigenvalue weighted by Gasteiger charge is -2.36. The molecule has 0 spiro atoms. The van der Waals surface area contributed by atoms with Crippen molar-refractivity contribution in [1.29, 1.82) is 0 Å².